The molecule has 0 bridgehead atoms. The van der Waals surface area contributed by atoms with E-state index in [1.165, 1.54) is 0 Å². The first-order valence-corrected chi connectivity index (χ1v) is 9.53. The Morgan fingerprint density at radius 2 is 1.92 bits per heavy atom. The van der Waals surface area contributed by atoms with Crippen molar-refractivity contribution in [3.8, 4) is 0 Å². The lowest BCUT2D eigenvalue weighted by Gasteiger charge is -2.56. The molecule has 0 aromatic rings. The lowest BCUT2D eigenvalue weighted by molar-refractivity contribution is -0.131. The summed E-state index contributed by atoms with van der Waals surface area (Å²) in [6, 6.07) is 0.165. The topological polar surface area (TPSA) is 66.4 Å². The number of fused-ring (bicyclic) bond motifs is 5. The maximum atomic E-state index is 12.5. The predicted molar refractivity (Wildman–Crippen MR) is 91.2 cm³/mol. The van der Waals surface area contributed by atoms with Crippen LogP contribution in [0.3, 0.4) is 0 Å². The van der Waals surface area contributed by atoms with E-state index in [0.29, 0.717) is 36.9 Å². The molecule has 4 aliphatic rings. The number of nitrogens with one attached hydrogen (secondary N) is 1. The van der Waals surface area contributed by atoms with E-state index >= 15 is 0 Å². The van der Waals surface area contributed by atoms with Crippen LogP contribution in [0.5, 0.6) is 0 Å². The Balaban J connectivity index is 1.71. The Labute approximate surface area is 144 Å². The third kappa shape index (κ3) is 2.37. The molecule has 4 heteroatoms. The van der Waals surface area contributed by atoms with Gasteiger partial charge in [-0.05, 0) is 61.2 Å². The van der Waals surface area contributed by atoms with E-state index in [1.54, 1.807) is 6.08 Å². The molecule has 1 aliphatic heterocycles. The molecule has 3 saturated carbocycles. The molecule has 0 aromatic carbocycles. The molecule has 132 valence electrons. The van der Waals surface area contributed by atoms with Crippen LogP contribution in [0.15, 0.2) is 11.6 Å². The number of ketones is 1. The molecular weight excluding hydrogens is 302 g/mol. The largest absolute Gasteiger partial charge is 0.393 e. The van der Waals surface area contributed by atoms with Gasteiger partial charge in [-0.1, -0.05) is 19.4 Å². The summed E-state index contributed by atoms with van der Waals surface area (Å²) < 4.78 is 0. The van der Waals surface area contributed by atoms with E-state index in [4.69, 9.17) is 0 Å². The second-order valence-electron chi connectivity index (χ2n) is 9.18. The molecule has 0 saturated heterocycles. The van der Waals surface area contributed by atoms with Crippen molar-refractivity contribution in [2.75, 3.05) is 0 Å². The highest BCUT2D eigenvalue weighted by molar-refractivity contribution is 5.89. The predicted octanol–water partition coefficient (Wildman–Crippen LogP) is 2.75. The van der Waals surface area contributed by atoms with Crippen LogP contribution < -0.4 is 5.32 Å². The maximum Gasteiger partial charge on any atom is 0.244 e. The number of amides is 1. The van der Waals surface area contributed by atoms with Gasteiger partial charge in [0.1, 0.15) is 5.78 Å². The van der Waals surface area contributed by atoms with Crippen molar-refractivity contribution < 1.29 is 14.7 Å². The maximum absolute atomic E-state index is 12.5. The van der Waals surface area contributed by atoms with Crippen LogP contribution in [-0.2, 0) is 9.59 Å². The summed E-state index contributed by atoms with van der Waals surface area (Å²) in [5.74, 6) is 1.21. The number of hydrogen-bond acceptors (Lipinski definition) is 3. The van der Waals surface area contributed by atoms with Gasteiger partial charge in [-0.3, -0.25) is 9.59 Å². The van der Waals surface area contributed by atoms with Crippen LogP contribution in [0.2, 0.25) is 0 Å². The number of aliphatic hydroxyl groups excluding tert-OH is 1. The minimum absolute atomic E-state index is 0.000949. The Hall–Kier alpha value is -1.16. The molecule has 4 rings (SSSR count). The molecule has 3 fully saturated rings. The number of hydrogen-bond donors (Lipinski definition) is 2. The smallest absolute Gasteiger partial charge is 0.244 e. The van der Waals surface area contributed by atoms with Gasteiger partial charge in [0.2, 0.25) is 5.91 Å². The highest BCUT2D eigenvalue weighted by atomic mass is 16.3. The van der Waals surface area contributed by atoms with Crippen molar-refractivity contribution in [3.05, 3.63) is 11.6 Å². The SMILES string of the molecule is C[C@]12CC[C@H]3[C@@H](NC(=O)C=C4C[C@@H](O)CC[C@@]43C)[C@@H]1CCC(=O)C2. The third-order valence-electron chi connectivity index (χ3n) is 7.74. The van der Waals surface area contributed by atoms with Crippen LogP contribution in [0.25, 0.3) is 0 Å². The molecule has 2 N–H and O–H groups in total. The quantitative estimate of drug-likeness (QED) is 0.717. The van der Waals surface area contributed by atoms with E-state index in [-0.39, 0.29) is 28.9 Å². The fourth-order valence-corrected chi connectivity index (χ4v) is 6.31. The number of aliphatic hydroxyl groups is 1. The second kappa shape index (κ2) is 5.42. The van der Waals surface area contributed by atoms with E-state index in [9.17, 15) is 14.7 Å². The normalized spacial score (nSPS) is 48.4. The van der Waals surface area contributed by atoms with Crippen molar-refractivity contribution in [1.82, 2.24) is 5.32 Å². The van der Waals surface area contributed by atoms with Crippen molar-refractivity contribution in [1.29, 1.82) is 0 Å². The van der Waals surface area contributed by atoms with E-state index in [1.807, 2.05) is 0 Å². The van der Waals surface area contributed by atoms with Gasteiger partial charge in [0.05, 0.1) is 6.10 Å². The monoisotopic (exact) mass is 331 g/mol. The fraction of sp³-hybridized carbons (Fsp3) is 0.800. The van der Waals surface area contributed by atoms with Gasteiger partial charge >= 0.3 is 0 Å². The van der Waals surface area contributed by atoms with Gasteiger partial charge in [0.15, 0.2) is 0 Å². The van der Waals surface area contributed by atoms with Crippen LogP contribution in [0.1, 0.15) is 65.2 Å². The lowest BCUT2D eigenvalue weighted by atomic mass is 9.50. The van der Waals surface area contributed by atoms with Crippen molar-refractivity contribution in [2.45, 2.75) is 77.4 Å². The first-order valence-electron chi connectivity index (χ1n) is 9.53. The number of carbonyl (C=O) groups is 2. The molecule has 1 heterocycles. The molecule has 4 nitrogen and oxygen atoms in total. The molecule has 0 unspecified atom stereocenters. The third-order valence-corrected chi connectivity index (χ3v) is 7.74. The molecular formula is C20H29NO3. The van der Waals surface area contributed by atoms with Gasteiger partial charge in [0.25, 0.3) is 0 Å². The molecule has 0 aromatic heterocycles. The summed E-state index contributed by atoms with van der Waals surface area (Å²) in [4.78, 5) is 24.6. The lowest BCUT2D eigenvalue weighted by Crippen LogP contribution is -2.58. The minimum atomic E-state index is -0.310. The zero-order chi connectivity index (χ0) is 17.1. The minimum Gasteiger partial charge on any atom is -0.393 e. The number of Topliss-reactive ketones (excluding diaryl/α,β-unsaturated/α-hetero) is 1. The summed E-state index contributed by atoms with van der Waals surface area (Å²) >= 11 is 0. The average molecular weight is 331 g/mol. The molecule has 1 amide bonds. The molecule has 0 radical (unpaired) electrons. The summed E-state index contributed by atoms with van der Waals surface area (Å²) in [5.41, 5.74) is 1.19. The number of carbonyl (C=O) groups excluding carboxylic acids is 2. The summed E-state index contributed by atoms with van der Waals surface area (Å²) in [6.07, 6.45) is 8.26. The van der Waals surface area contributed by atoms with E-state index in [0.717, 1.165) is 37.7 Å². The van der Waals surface area contributed by atoms with Gasteiger partial charge in [0, 0.05) is 25.0 Å². The van der Waals surface area contributed by atoms with Crippen LogP contribution >= 0.6 is 0 Å². The highest BCUT2D eigenvalue weighted by Gasteiger charge is 2.56. The zero-order valence-electron chi connectivity index (χ0n) is 14.8. The molecule has 3 aliphatic carbocycles. The zero-order valence-corrected chi connectivity index (χ0v) is 14.8. The average Bonchev–Trinajstić information content (AvgIpc) is 2.60. The van der Waals surface area contributed by atoms with Gasteiger partial charge in [-0.25, -0.2) is 0 Å². The summed E-state index contributed by atoms with van der Waals surface area (Å²) in [6.45, 7) is 4.56. The Bertz CT molecular complexity index is 612. The van der Waals surface area contributed by atoms with Crippen LogP contribution in [0.4, 0.5) is 0 Å². The fourth-order valence-electron chi connectivity index (χ4n) is 6.31. The van der Waals surface area contributed by atoms with Gasteiger partial charge in [-0.15, -0.1) is 0 Å². The van der Waals surface area contributed by atoms with Crippen molar-refractivity contribution in [3.63, 3.8) is 0 Å². The highest BCUT2D eigenvalue weighted by Crippen LogP contribution is 2.58. The Morgan fingerprint density at radius 3 is 2.71 bits per heavy atom. The van der Waals surface area contributed by atoms with E-state index in [2.05, 4.69) is 19.2 Å². The summed E-state index contributed by atoms with van der Waals surface area (Å²) in [7, 11) is 0. The van der Waals surface area contributed by atoms with Crippen LogP contribution in [0, 0.1) is 22.7 Å². The van der Waals surface area contributed by atoms with Crippen LogP contribution in [-0.4, -0.2) is 28.9 Å². The van der Waals surface area contributed by atoms with Gasteiger partial charge in [-0.2, -0.15) is 0 Å². The standard InChI is InChI=1S/C20H29NO3/c1-19-7-6-16-18(15(19)4-3-14(23)11-19)21-17(24)10-12-9-13(22)5-8-20(12,16)2/h10,13,15-16,18,22H,3-9,11H2,1-2H3,(H,21,24)/t13-,15-,16-,18-,19+,20-/m0/s1. The number of rotatable bonds is 0. The van der Waals surface area contributed by atoms with Gasteiger partial charge < -0.3 is 10.4 Å². The molecule has 24 heavy (non-hydrogen) atoms. The first kappa shape index (κ1) is 16.3. The Morgan fingerprint density at radius 1 is 1.12 bits per heavy atom. The van der Waals surface area contributed by atoms with Crippen molar-refractivity contribution in [2.24, 2.45) is 22.7 Å². The summed E-state index contributed by atoms with van der Waals surface area (Å²) in [5, 5.41) is 13.4. The van der Waals surface area contributed by atoms with E-state index < -0.39 is 0 Å². The second-order valence-corrected chi connectivity index (χ2v) is 9.18. The molecule has 6 atom stereocenters. The molecule has 0 spiro atoms. The van der Waals surface area contributed by atoms with Crippen molar-refractivity contribution >= 4 is 11.7 Å². The Kier molecular flexibility index (Phi) is 3.68. The first-order chi connectivity index (χ1) is 11.3.